The fourth-order valence-electron chi connectivity index (χ4n) is 3.58. The van der Waals surface area contributed by atoms with Crippen molar-refractivity contribution in [3.05, 3.63) is 71.5 Å². The van der Waals surface area contributed by atoms with Crippen molar-refractivity contribution in [2.24, 2.45) is 4.99 Å². The molecule has 0 aliphatic carbocycles. The Balaban J connectivity index is 1.19. The van der Waals surface area contributed by atoms with E-state index < -0.39 is 0 Å². The molecule has 3 aromatic rings. The highest BCUT2D eigenvalue weighted by Crippen LogP contribution is 2.32. The molecule has 31 heavy (non-hydrogen) atoms. The summed E-state index contributed by atoms with van der Waals surface area (Å²) in [4.78, 5) is 4.32. The number of aromatic nitrogens is 2. The van der Waals surface area contributed by atoms with Crippen LogP contribution in [0.25, 0.3) is 5.69 Å². The maximum Gasteiger partial charge on any atom is 0.231 e. The summed E-state index contributed by atoms with van der Waals surface area (Å²) in [5.41, 5.74) is 4.65. The van der Waals surface area contributed by atoms with Gasteiger partial charge in [-0.2, -0.15) is 5.10 Å². The van der Waals surface area contributed by atoms with Gasteiger partial charge in [-0.05, 0) is 61.6 Å². The van der Waals surface area contributed by atoms with Crippen molar-refractivity contribution < 1.29 is 9.47 Å². The number of ether oxygens (including phenoxy) is 2. The Bertz CT molecular complexity index is 1030. The molecule has 0 bridgehead atoms. The molecule has 0 unspecified atom stereocenters. The molecule has 2 N–H and O–H groups in total. The van der Waals surface area contributed by atoms with Crippen molar-refractivity contribution >= 4 is 5.96 Å². The van der Waals surface area contributed by atoms with Crippen LogP contribution >= 0.6 is 0 Å². The van der Waals surface area contributed by atoms with Crippen molar-refractivity contribution in [3.8, 4) is 17.2 Å². The van der Waals surface area contributed by atoms with Gasteiger partial charge in [-0.15, -0.1) is 0 Å². The molecule has 2 aromatic carbocycles. The monoisotopic (exact) mass is 419 g/mol. The summed E-state index contributed by atoms with van der Waals surface area (Å²) in [6.07, 6.45) is 4.99. The van der Waals surface area contributed by atoms with Crippen LogP contribution in [0.1, 0.15) is 23.2 Å². The Labute approximate surface area is 183 Å². The lowest BCUT2D eigenvalue weighted by Gasteiger charge is -2.12. The van der Waals surface area contributed by atoms with Gasteiger partial charge in [-0.3, -0.25) is 4.99 Å². The first kappa shape index (κ1) is 20.8. The fourth-order valence-corrected chi connectivity index (χ4v) is 3.58. The van der Waals surface area contributed by atoms with E-state index in [-0.39, 0.29) is 0 Å². The van der Waals surface area contributed by atoms with Crippen LogP contribution in [-0.2, 0) is 12.8 Å². The Morgan fingerprint density at radius 2 is 1.84 bits per heavy atom. The van der Waals surface area contributed by atoms with Gasteiger partial charge in [-0.1, -0.05) is 24.3 Å². The third-order valence-corrected chi connectivity index (χ3v) is 5.30. The first-order chi connectivity index (χ1) is 15.2. The number of aliphatic imine (C=N–C) groups is 1. The number of aryl methyl sites for hydroxylation is 2. The molecule has 4 rings (SSSR count). The molecule has 0 saturated heterocycles. The van der Waals surface area contributed by atoms with Crippen LogP contribution < -0.4 is 20.1 Å². The molecule has 7 heteroatoms. The van der Waals surface area contributed by atoms with Crippen molar-refractivity contribution in [3.63, 3.8) is 0 Å². The molecule has 1 aromatic heterocycles. The van der Waals surface area contributed by atoms with Gasteiger partial charge in [0.05, 0.1) is 11.4 Å². The number of benzene rings is 2. The number of fused-ring (bicyclic) bond motifs is 1. The number of hydrogen-bond donors (Lipinski definition) is 2. The second-order valence-corrected chi connectivity index (χ2v) is 7.49. The molecule has 1 aliphatic rings. The molecule has 0 radical (unpaired) electrons. The first-order valence-electron chi connectivity index (χ1n) is 10.7. The molecule has 0 fully saturated rings. The predicted molar refractivity (Wildman–Crippen MR) is 122 cm³/mol. The van der Waals surface area contributed by atoms with Gasteiger partial charge in [0, 0.05) is 26.3 Å². The van der Waals surface area contributed by atoms with Crippen LogP contribution in [0.4, 0.5) is 0 Å². The Hall–Kier alpha value is -3.48. The van der Waals surface area contributed by atoms with E-state index in [1.165, 1.54) is 11.1 Å². The summed E-state index contributed by atoms with van der Waals surface area (Å²) in [6.45, 7) is 4.01. The van der Waals surface area contributed by atoms with Crippen molar-refractivity contribution in [1.29, 1.82) is 0 Å². The first-order valence-corrected chi connectivity index (χ1v) is 10.7. The van der Waals surface area contributed by atoms with E-state index in [0.717, 1.165) is 61.2 Å². The number of para-hydroxylation sites is 1. The third kappa shape index (κ3) is 5.36. The largest absolute Gasteiger partial charge is 0.454 e. The van der Waals surface area contributed by atoms with Gasteiger partial charge in [0.15, 0.2) is 17.5 Å². The maximum absolute atomic E-state index is 5.44. The lowest BCUT2D eigenvalue weighted by molar-refractivity contribution is 0.174. The Kier molecular flexibility index (Phi) is 6.72. The zero-order chi connectivity index (χ0) is 21.5. The molecule has 0 atom stereocenters. The summed E-state index contributed by atoms with van der Waals surface area (Å²) in [5, 5.41) is 11.4. The summed E-state index contributed by atoms with van der Waals surface area (Å²) in [7, 11) is 1.80. The van der Waals surface area contributed by atoms with Crippen molar-refractivity contribution in [2.45, 2.75) is 26.2 Å². The number of hydrogen-bond acceptors (Lipinski definition) is 4. The van der Waals surface area contributed by atoms with Gasteiger partial charge in [-0.25, -0.2) is 4.68 Å². The lowest BCUT2D eigenvalue weighted by atomic mass is 10.1. The van der Waals surface area contributed by atoms with E-state index in [9.17, 15) is 0 Å². The van der Waals surface area contributed by atoms with Gasteiger partial charge < -0.3 is 20.1 Å². The standard InChI is InChI=1S/C24H29N5O2/c1-18-20(16-29(28-18)21-8-4-3-5-9-21)7-6-13-26-24(25-2)27-14-12-19-10-11-22-23(15-19)31-17-30-22/h3-5,8-11,15-16H,6-7,12-14,17H2,1-2H3,(H2,25,26,27). The Morgan fingerprint density at radius 1 is 1.03 bits per heavy atom. The molecular formula is C24H29N5O2. The highest BCUT2D eigenvalue weighted by molar-refractivity contribution is 5.79. The van der Waals surface area contributed by atoms with Gasteiger partial charge in [0.1, 0.15) is 0 Å². The quantitative estimate of drug-likeness (QED) is 0.333. The maximum atomic E-state index is 5.44. The van der Waals surface area contributed by atoms with E-state index in [2.05, 4.69) is 52.0 Å². The van der Waals surface area contributed by atoms with E-state index in [4.69, 9.17) is 9.47 Å². The number of nitrogens with zero attached hydrogens (tertiary/aromatic N) is 3. The minimum absolute atomic E-state index is 0.306. The molecule has 1 aliphatic heterocycles. The van der Waals surface area contributed by atoms with Crippen LogP contribution in [0.15, 0.2) is 59.7 Å². The highest BCUT2D eigenvalue weighted by Gasteiger charge is 2.13. The zero-order valence-corrected chi connectivity index (χ0v) is 18.1. The zero-order valence-electron chi connectivity index (χ0n) is 18.1. The minimum Gasteiger partial charge on any atom is -0.454 e. The van der Waals surface area contributed by atoms with E-state index in [1.807, 2.05) is 35.0 Å². The van der Waals surface area contributed by atoms with Crippen LogP contribution in [-0.4, -0.2) is 42.7 Å². The fraction of sp³-hybridized carbons (Fsp3) is 0.333. The van der Waals surface area contributed by atoms with Crippen LogP contribution in [0.2, 0.25) is 0 Å². The molecule has 0 amide bonds. The summed E-state index contributed by atoms with van der Waals surface area (Å²) in [6, 6.07) is 16.3. The van der Waals surface area contributed by atoms with E-state index in [0.29, 0.717) is 6.79 Å². The topological polar surface area (TPSA) is 72.7 Å². The van der Waals surface area contributed by atoms with Crippen LogP contribution in [0, 0.1) is 6.92 Å². The van der Waals surface area contributed by atoms with Gasteiger partial charge in [0.2, 0.25) is 6.79 Å². The molecule has 0 saturated carbocycles. The number of guanidine groups is 1. The summed E-state index contributed by atoms with van der Waals surface area (Å²) < 4.78 is 12.8. The van der Waals surface area contributed by atoms with Crippen LogP contribution in [0.3, 0.4) is 0 Å². The van der Waals surface area contributed by atoms with Crippen molar-refractivity contribution in [2.75, 3.05) is 26.9 Å². The normalized spacial score (nSPS) is 12.8. The molecule has 0 spiro atoms. The predicted octanol–water partition coefficient (Wildman–Crippen LogP) is 3.25. The summed E-state index contributed by atoms with van der Waals surface area (Å²) >= 11 is 0. The van der Waals surface area contributed by atoms with Gasteiger partial charge >= 0.3 is 0 Å². The number of rotatable bonds is 8. The molecular weight excluding hydrogens is 390 g/mol. The Morgan fingerprint density at radius 3 is 2.68 bits per heavy atom. The minimum atomic E-state index is 0.306. The van der Waals surface area contributed by atoms with Gasteiger partial charge in [0.25, 0.3) is 0 Å². The highest BCUT2D eigenvalue weighted by atomic mass is 16.7. The van der Waals surface area contributed by atoms with Crippen molar-refractivity contribution in [1.82, 2.24) is 20.4 Å². The van der Waals surface area contributed by atoms with Crippen LogP contribution in [0.5, 0.6) is 11.5 Å². The average Bonchev–Trinajstić information content (AvgIpc) is 3.42. The molecule has 2 heterocycles. The third-order valence-electron chi connectivity index (χ3n) is 5.30. The molecule has 162 valence electrons. The lowest BCUT2D eigenvalue weighted by Crippen LogP contribution is -2.38. The number of nitrogens with one attached hydrogen (secondary N) is 2. The second-order valence-electron chi connectivity index (χ2n) is 7.49. The summed E-state index contributed by atoms with van der Waals surface area (Å²) in [5.74, 6) is 2.46. The SMILES string of the molecule is CN=C(NCCCc1cn(-c2ccccc2)nc1C)NCCc1ccc2c(c1)OCO2. The molecule has 7 nitrogen and oxygen atoms in total. The average molecular weight is 420 g/mol. The smallest absolute Gasteiger partial charge is 0.231 e. The second kappa shape index (κ2) is 10.0. The van der Waals surface area contributed by atoms with E-state index in [1.54, 1.807) is 7.05 Å². The van der Waals surface area contributed by atoms with E-state index >= 15 is 0 Å².